The summed E-state index contributed by atoms with van der Waals surface area (Å²) in [5.41, 5.74) is 0.0791. The van der Waals surface area contributed by atoms with Crippen LogP contribution < -0.4 is 9.47 Å². The van der Waals surface area contributed by atoms with Gasteiger partial charge in [-0.2, -0.15) is 0 Å². The first kappa shape index (κ1) is 31.7. The Balaban J connectivity index is 2.30. The van der Waals surface area contributed by atoms with Gasteiger partial charge >= 0.3 is 5.97 Å². The first-order valence-electron chi connectivity index (χ1n) is 13.1. The Bertz CT molecular complexity index is 932. The van der Waals surface area contributed by atoms with Crippen molar-refractivity contribution in [3.8, 4) is 11.5 Å². The SMILES string of the molecule is CCCCC/C=C\C/C=C\C/C=C\C/C=C\CCCC(=O)O[C@@H](C)c1cc(OC)c(OC)cc1[N+](=O)[O-]. The molecular weight excluding hydrogens is 470 g/mol. The molecule has 0 heterocycles. The average molecular weight is 514 g/mol. The number of allylic oxidation sites excluding steroid dienone is 8. The molecule has 1 aromatic rings. The normalized spacial score (nSPS) is 12.6. The number of ether oxygens (including phenoxy) is 3. The molecule has 7 heteroatoms. The highest BCUT2D eigenvalue weighted by Gasteiger charge is 2.25. The maximum atomic E-state index is 12.3. The smallest absolute Gasteiger partial charge is 0.306 e. The third kappa shape index (κ3) is 13.5. The van der Waals surface area contributed by atoms with Crippen LogP contribution in [0, 0.1) is 10.1 Å². The molecular formula is C30H43NO6. The van der Waals surface area contributed by atoms with E-state index in [2.05, 4.69) is 55.5 Å². The number of methoxy groups -OCH3 is 2. The molecule has 7 nitrogen and oxygen atoms in total. The summed E-state index contributed by atoms with van der Waals surface area (Å²) < 4.78 is 15.8. The summed E-state index contributed by atoms with van der Waals surface area (Å²) in [6, 6.07) is 2.76. The van der Waals surface area contributed by atoms with E-state index in [1.807, 2.05) is 0 Å². The summed E-state index contributed by atoms with van der Waals surface area (Å²) in [5, 5.41) is 11.5. The highest BCUT2D eigenvalue weighted by Crippen LogP contribution is 2.38. The Morgan fingerprint density at radius 3 is 1.89 bits per heavy atom. The van der Waals surface area contributed by atoms with E-state index in [-0.39, 0.29) is 23.4 Å². The number of nitro benzene ring substituents is 1. The quantitative estimate of drug-likeness (QED) is 0.0607. The van der Waals surface area contributed by atoms with Crippen molar-refractivity contribution in [1.82, 2.24) is 0 Å². The fraction of sp³-hybridized carbons (Fsp3) is 0.500. The number of unbranched alkanes of at least 4 members (excludes halogenated alkanes) is 4. The lowest BCUT2D eigenvalue weighted by molar-refractivity contribution is -0.386. The molecule has 0 bridgehead atoms. The van der Waals surface area contributed by atoms with Crippen LogP contribution in [0.5, 0.6) is 11.5 Å². The minimum atomic E-state index is -0.788. The third-order valence-electron chi connectivity index (χ3n) is 5.68. The predicted octanol–water partition coefficient (Wildman–Crippen LogP) is 8.36. The number of carbonyl (C=O) groups excluding carboxylic acids is 1. The van der Waals surface area contributed by atoms with Crippen molar-refractivity contribution in [3.63, 3.8) is 0 Å². The summed E-state index contributed by atoms with van der Waals surface area (Å²) in [5.74, 6) is 0.189. The van der Waals surface area contributed by atoms with E-state index in [9.17, 15) is 14.9 Å². The van der Waals surface area contributed by atoms with Crippen molar-refractivity contribution in [2.45, 2.75) is 84.2 Å². The zero-order valence-corrected chi connectivity index (χ0v) is 22.8. The van der Waals surface area contributed by atoms with Gasteiger partial charge in [0.05, 0.1) is 30.8 Å². The van der Waals surface area contributed by atoms with Crippen molar-refractivity contribution >= 4 is 11.7 Å². The second-order valence-corrected chi connectivity index (χ2v) is 8.64. The van der Waals surface area contributed by atoms with Crippen molar-refractivity contribution in [2.75, 3.05) is 14.2 Å². The zero-order chi connectivity index (χ0) is 27.3. The largest absolute Gasteiger partial charge is 0.493 e. The minimum Gasteiger partial charge on any atom is -0.493 e. The van der Waals surface area contributed by atoms with Crippen LogP contribution in [0.15, 0.2) is 60.7 Å². The van der Waals surface area contributed by atoms with Crippen LogP contribution in [-0.2, 0) is 9.53 Å². The Morgan fingerprint density at radius 1 is 0.865 bits per heavy atom. The second-order valence-electron chi connectivity index (χ2n) is 8.64. The van der Waals surface area contributed by atoms with Gasteiger partial charge in [-0.15, -0.1) is 0 Å². The molecule has 0 saturated heterocycles. The van der Waals surface area contributed by atoms with E-state index in [0.29, 0.717) is 12.2 Å². The van der Waals surface area contributed by atoms with Gasteiger partial charge in [0, 0.05) is 6.42 Å². The van der Waals surface area contributed by atoms with Crippen LogP contribution in [0.3, 0.4) is 0 Å². The molecule has 0 aromatic heterocycles. The number of hydrogen-bond acceptors (Lipinski definition) is 6. The molecule has 204 valence electrons. The average Bonchev–Trinajstić information content (AvgIpc) is 2.89. The molecule has 0 saturated carbocycles. The number of nitrogens with zero attached hydrogens (tertiary/aromatic N) is 1. The third-order valence-corrected chi connectivity index (χ3v) is 5.68. The predicted molar refractivity (Wildman–Crippen MR) is 149 cm³/mol. The summed E-state index contributed by atoms with van der Waals surface area (Å²) in [4.78, 5) is 23.2. The van der Waals surface area contributed by atoms with Crippen LogP contribution in [0.25, 0.3) is 0 Å². The van der Waals surface area contributed by atoms with Crippen molar-refractivity contribution in [2.24, 2.45) is 0 Å². The number of benzene rings is 1. The van der Waals surface area contributed by atoms with Gasteiger partial charge in [0.15, 0.2) is 11.5 Å². The molecule has 1 aromatic carbocycles. The van der Waals surface area contributed by atoms with Crippen molar-refractivity contribution in [3.05, 3.63) is 76.4 Å². The first-order chi connectivity index (χ1) is 17.9. The molecule has 0 unspecified atom stereocenters. The van der Waals surface area contributed by atoms with Gasteiger partial charge in [0.25, 0.3) is 5.69 Å². The topological polar surface area (TPSA) is 87.9 Å². The standard InChI is InChI=1S/C30H43NO6/c1-5-6-7-8-9-10-11-12-13-14-15-16-17-18-19-20-21-22-30(32)37-25(2)26-23-28(35-3)29(36-4)24-27(26)31(33)34/h9-10,12-13,15-16,18-19,23-25H,5-8,11,14,17,20-22H2,1-4H3/b10-9-,13-12-,16-15-,19-18-/t25-/m0/s1. The van der Waals surface area contributed by atoms with Gasteiger partial charge in [0.1, 0.15) is 6.10 Å². The van der Waals surface area contributed by atoms with E-state index in [1.165, 1.54) is 52.0 Å². The monoisotopic (exact) mass is 513 g/mol. The number of hydrogen-bond donors (Lipinski definition) is 0. The fourth-order valence-electron chi connectivity index (χ4n) is 3.61. The molecule has 1 atom stereocenters. The van der Waals surface area contributed by atoms with Gasteiger partial charge in [-0.05, 0) is 57.9 Å². The lowest BCUT2D eigenvalue weighted by atomic mass is 10.1. The molecule has 0 fully saturated rings. The molecule has 0 N–H and O–H groups in total. The highest BCUT2D eigenvalue weighted by atomic mass is 16.6. The molecule has 0 aliphatic rings. The fourth-order valence-corrected chi connectivity index (χ4v) is 3.61. The van der Waals surface area contributed by atoms with Crippen LogP contribution in [0.4, 0.5) is 5.69 Å². The number of esters is 1. The van der Waals surface area contributed by atoms with Crippen LogP contribution >= 0.6 is 0 Å². The zero-order valence-electron chi connectivity index (χ0n) is 22.8. The summed E-state index contributed by atoms with van der Waals surface area (Å²) in [6.45, 7) is 3.83. The van der Waals surface area contributed by atoms with E-state index < -0.39 is 17.0 Å². The highest BCUT2D eigenvalue weighted by molar-refractivity contribution is 5.70. The van der Waals surface area contributed by atoms with Gasteiger partial charge < -0.3 is 14.2 Å². The first-order valence-corrected chi connectivity index (χ1v) is 13.1. The molecule has 0 aliphatic heterocycles. The molecule has 0 radical (unpaired) electrons. The molecule has 37 heavy (non-hydrogen) atoms. The van der Waals surface area contributed by atoms with E-state index in [1.54, 1.807) is 6.92 Å². The van der Waals surface area contributed by atoms with E-state index in [0.717, 1.165) is 25.7 Å². The molecule has 0 amide bonds. The molecule has 1 rings (SSSR count). The van der Waals surface area contributed by atoms with Crippen molar-refractivity contribution in [1.29, 1.82) is 0 Å². The maximum Gasteiger partial charge on any atom is 0.306 e. The van der Waals surface area contributed by atoms with Crippen molar-refractivity contribution < 1.29 is 23.9 Å². The van der Waals surface area contributed by atoms with Crippen LogP contribution in [0.1, 0.15) is 89.7 Å². The van der Waals surface area contributed by atoms with E-state index in [4.69, 9.17) is 14.2 Å². The van der Waals surface area contributed by atoms with E-state index >= 15 is 0 Å². The minimum absolute atomic E-state index is 0.181. The summed E-state index contributed by atoms with van der Waals surface area (Å²) in [6.07, 6.45) is 26.0. The van der Waals surface area contributed by atoms with Crippen LogP contribution in [0.2, 0.25) is 0 Å². The Labute approximate surface area is 222 Å². The van der Waals surface area contributed by atoms with Gasteiger partial charge in [0.2, 0.25) is 0 Å². The van der Waals surface area contributed by atoms with Crippen LogP contribution in [-0.4, -0.2) is 25.1 Å². The summed E-state index contributed by atoms with van der Waals surface area (Å²) in [7, 11) is 2.85. The number of nitro groups is 1. The Hall–Kier alpha value is -3.35. The maximum absolute atomic E-state index is 12.3. The Kier molecular flexibility index (Phi) is 16.9. The number of rotatable bonds is 19. The lowest BCUT2D eigenvalue weighted by Crippen LogP contribution is -2.11. The Morgan fingerprint density at radius 2 is 1.38 bits per heavy atom. The molecule has 0 aliphatic carbocycles. The number of carbonyl (C=O) groups is 1. The van der Waals surface area contributed by atoms with Gasteiger partial charge in [-0.1, -0.05) is 68.4 Å². The second kappa shape index (κ2) is 19.8. The lowest BCUT2D eigenvalue weighted by Gasteiger charge is -2.16. The summed E-state index contributed by atoms with van der Waals surface area (Å²) >= 11 is 0. The van der Waals surface area contributed by atoms with Gasteiger partial charge in [-0.3, -0.25) is 14.9 Å². The van der Waals surface area contributed by atoms with Gasteiger partial charge in [-0.25, -0.2) is 0 Å². The molecule has 0 spiro atoms.